The first-order chi connectivity index (χ1) is 10.4. The largest absolute Gasteiger partial charge is 0.479 e. The Kier molecular flexibility index (Phi) is 4.82. The number of carbonyl (C=O) groups is 2. The molecule has 0 aliphatic rings. The SMILES string of the molecule is COC(CNC(=O)Cc1coc2cc(C)c(C)cc12)C(=O)O. The van der Waals surface area contributed by atoms with Gasteiger partial charge in [0.05, 0.1) is 19.2 Å². The van der Waals surface area contributed by atoms with Crippen molar-refractivity contribution in [3.8, 4) is 0 Å². The van der Waals surface area contributed by atoms with Crippen LogP contribution in [-0.4, -0.2) is 36.7 Å². The van der Waals surface area contributed by atoms with Crippen molar-refractivity contribution >= 4 is 22.8 Å². The molecule has 1 atom stereocenters. The molecule has 0 aliphatic carbocycles. The summed E-state index contributed by atoms with van der Waals surface area (Å²) >= 11 is 0. The van der Waals surface area contributed by atoms with E-state index in [0.717, 1.165) is 27.7 Å². The summed E-state index contributed by atoms with van der Waals surface area (Å²) in [5, 5.41) is 12.3. The highest BCUT2D eigenvalue weighted by molar-refractivity contribution is 5.88. The number of benzene rings is 1. The van der Waals surface area contributed by atoms with Crippen LogP contribution in [0.2, 0.25) is 0 Å². The molecular weight excluding hydrogens is 286 g/mol. The van der Waals surface area contributed by atoms with Crippen molar-refractivity contribution in [3.63, 3.8) is 0 Å². The van der Waals surface area contributed by atoms with Crippen LogP contribution in [0.3, 0.4) is 0 Å². The molecule has 0 aliphatic heterocycles. The van der Waals surface area contributed by atoms with Crippen LogP contribution >= 0.6 is 0 Å². The zero-order valence-electron chi connectivity index (χ0n) is 12.8. The van der Waals surface area contributed by atoms with Gasteiger partial charge in [-0.05, 0) is 37.1 Å². The Balaban J connectivity index is 2.06. The smallest absolute Gasteiger partial charge is 0.334 e. The molecule has 1 aromatic carbocycles. The van der Waals surface area contributed by atoms with Crippen LogP contribution < -0.4 is 5.32 Å². The van der Waals surface area contributed by atoms with Gasteiger partial charge in [-0.15, -0.1) is 0 Å². The number of carboxylic acids is 1. The van der Waals surface area contributed by atoms with Crippen molar-refractivity contribution in [2.45, 2.75) is 26.4 Å². The molecule has 1 amide bonds. The maximum Gasteiger partial charge on any atom is 0.334 e. The van der Waals surface area contributed by atoms with E-state index in [0.29, 0.717) is 0 Å². The lowest BCUT2D eigenvalue weighted by Crippen LogP contribution is -2.38. The van der Waals surface area contributed by atoms with Crippen molar-refractivity contribution in [2.24, 2.45) is 0 Å². The average molecular weight is 305 g/mol. The highest BCUT2D eigenvalue weighted by Gasteiger charge is 2.18. The maximum absolute atomic E-state index is 11.9. The first-order valence-electron chi connectivity index (χ1n) is 6.92. The number of hydrogen-bond acceptors (Lipinski definition) is 4. The Labute approximate surface area is 128 Å². The molecule has 118 valence electrons. The summed E-state index contributed by atoms with van der Waals surface area (Å²) in [5.74, 6) is -1.38. The number of ether oxygens (including phenoxy) is 1. The predicted octanol–water partition coefficient (Wildman–Crippen LogP) is 1.81. The summed E-state index contributed by atoms with van der Waals surface area (Å²) in [6.07, 6.45) is 0.648. The number of rotatable bonds is 6. The normalized spacial score (nSPS) is 12.3. The number of aryl methyl sites for hydroxylation is 2. The molecule has 0 radical (unpaired) electrons. The number of aliphatic carboxylic acids is 1. The lowest BCUT2D eigenvalue weighted by Gasteiger charge is -2.11. The molecule has 2 rings (SSSR count). The van der Waals surface area contributed by atoms with Gasteiger partial charge in [0.25, 0.3) is 0 Å². The van der Waals surface area contributed by atoms with Crippen molar-refractivity contribution in [1.29, 1.82) is 0 Å². The molecule has 6 heteroatoms. The van der Waals surface area contributed by atoms with E-state index < -0.39 is 12.1 Å². The molecular formula is C16H19NO5. The standard InChI is InChI=1S/C16H19NO5/c1-9-4-12-11(8-22-13(12)5-10(9)2)6-15(18)17-7-14(21-3)16(19)20/h4-5,8,14H,6-7H2,1-3H3,(H,17,18)(H,19,20). The van der Waals surface area contributed by atoms with Crippen LogP contribution in [0.4, 0.5) is 0 Å². The van der Waals surface area contributed by atoms with E-state index >= 15 is 0 Å². The van der Waals surface area contributed by atoms with Crippen molar-refractivity contribution in [2.75, 3.05) is 13.7 Å². The fraction of sp³-hybridized carbons (Fsp3) is 0.375. The Hall–Kier alpha value is -2.34. The van der Waals surface area contributed by atoms with E-state index in [1.807, 2.05) is 26.0 Å². The summed E-state index contributed by atoms with van der Waals surface area (Å²) in [6.45, 7) is 3.93. The van der Waals surface area contributed by atoms with Gasteiger partial charge in [0.15, 0.2) is 6.10 Å². The zero-order valence-corrected chi connectivity index (χ0v) is 12.8. The van der Waals surface area contributed by atoms with Gasteiger partial charge in [0, 0.05) is 18.1 Å². The minimum Gasteiger partial charge on any atom is -0.479 e. The third-order valence-electron chi connectivity index (χ3n) is 3.67. The molecule has 1 unspecified atom stereocenters. The first kappa shape index (κ1) is 16.0. The summed E-state index contributed by atoms with van der Waals surface area (Å²) in [7, 11) is 1.29. The fourth-order valence-electron chi connectivity index (χ4n) is 2.19. The van der Waals surface area contributed by atoms with Gasteiger partial charge in [-0.2, -0.15) is 0 Å². The number of carboxylic acid groups (broad SMARTS) is 1. The number of furan rings is 1. The molecule has 0 saturated heterocycles. The van der Waals surface area contributed by atoms with E-state index in [-0.39, 0.29) is 18.9 Å². The van der Waals surface area contributed by atoms with Gasteiger partial charge in [-0.1, -0.05) is 0 Å². The third kappa shape index (κ3) is 3.46. The predicted molar refractivity (Wildman–Crippen MR) is 80.8 cm³/mol. The molecule has 2 N–H and O–H groups in total. The van der Waals surface area contributed by atoms with E-state index in [2.05, 4.69) is 5.32 Å². The van der Waals surface area contributed by atoms with E-state index in [4.69, 9.17) is 14.3 Å². The number of hydrogen-bond donors (Lipinski definition) is 2. The Bertz CT molecular complexity index is 704. The number of nitrogens with one attached hydrogen (secondary N) is 1. The lowest BCUT2D eigenvalue weighted by atomic mass is 10.0. The molecule has 1 aromatic heterocycles. The van der Waals surface area contributed by atoms with Crippen molar-refractivity contribution in [3.05, 3.63) is 35.1 Å². The van der Waals surface area contributed by atoms with Crippen molar-refractivity contribution in [1.82, 2.24) is 5.32 Å². The van der Waals surface area contributed by atoms with Gasteiger partial charge in [-0.3, -0.25) is 4.79 Å². The van der Waals surface area contributed by atoms with Crippen LogP contribution in [0, 0.1) is 13.8 Å². The lowest BCUT2D eigenvalue weighted by molar-refractivity contribution is -0.148. The monoisotopic (exact) mass is 305 g/mol. The quantitative estimate of drug-likeness (QED) is 0.849. The summed E-state index contributed by atoms with van der Waals surface area (Å²) in [4.78, 5) is 22.8. The minimum absolute atomic E-state index is 0.0708. The first-order valence-corrected chi connectivity index (χ1v) is 6.92. The number of methoxy groups -OCH3 is 1. The average Bonchev–Trinajstić information content (AvgIpc) is 2.82. The topological polar surface area (TPSA) is 88.8 Å². The van der Waals surface area contributed by atoms with Gasteiger partial charge in [0.2, 0.25) is 5.91 Å². The van der Waals surface area contributed by atoms with E-state index in [9.17, 15) is 9.59 Å². The van der Waals surface area contributed by atoms with Crippen LogP contribution in [0.5, 0.6) is 0 Å². The van der Waals surface area contributed by atoms with Gasteiger partial charge in [0.1, 0.15) is 5.58 Å². The fourth-order valence-corrected chi connectivity index (χ4v) is 2.19. The summed E-state index contributed by atoms with van der Waals surface area (Å²) < 4.78 is 10.2. The maximum atomic E-state index is 11.9. The minimum atomic E-state index is -1.11. The molecule has 0 bridgehead atoms. The highest BCUT2D eigenvalue weighted by atomic mass is 16.5. The molecule has 2 aromatic rings. The van der Waals surface area contributed by atoms with Gasteiger partial charge in [-0.25, -0.2) is 4.79 Å². The Morgan fingerprint density at radius 2 is 2.00 bits per heavy atom. The second-order valence-corrected chi connectivity index (χ2v) is 5.24. The third-order valence-corrected chi connectivity index (χ3v) is 3.67. The van der Waals surface area contributed by atoms with Crippen LogP contribution in [0.1, 0.15) is 16.7 Å². The number of amides is 1. The Morgan fingerprint density at radius 3 is 2.64 bits per heavy atom. The molecule has 6 nitrogen and oxygen atoms in total. The summed E-state index contributed by atoms with van der Waals surface area (Å²) in [5.41, 5.74) is 3.77. The highest BCUT2D eigenvalue weighted by Crippen LogP contribution is 2.25. The number of carbonyl (C=O) groups excluding carboxylic acids is 1. The van der Waals surface area contributed by atoms with Crippen molar-refractivity contribution < 1.29 is 23.8 Å². The number of fused-ring (bicyclic) bond motifs is 1. The molecule has 0 saturated carbocycles. The second-order valence-electron chi connectivity index (χ2n) is 5.24. The van der Waals surface area contributed by atoms with Gasteiger partial charge >= 0.3 is 5.97 Å². The molecule has 1 heterocycles. The summed E-state index contributed by atoms with van der Waals surface area (Å²) in [6, 6.07) is 3.93. The van der Waals surface area contributed by atoms with Gasteiger partial charge < -0.3 is 19.6 Å². The van der Waals surface area contributed by atoms with Crippen LogP contribution in [0.15, 0.2) is 22.8 Å². The molecule has 22 heavy (non-hydrogen) atoms. The Morgan fingerprint density at radius 1 is 1.32 bits per heavy atom. The molecule has 0 fully saturated rings. The second kappa shape index (κ2) is 6.62. The van der Waals surface area contributed by atoms with E-state index in [1.54, 1.807) is 6.26 Å². The van der Waals surface area contributed by atoms with Crippen LogP contribution in [0.25, 0.3) is 11.0 Å². The zero-order chi connectivity index (χ0) is 16.3. The van der Waals surface area contributed by atoms with E-state index in [1.165, 1.54) is 7.11 Å². The van der Waals surface area contributed by atoms with Crippen LogP contribution in [-0.2, 0) is 20.7 Å². The molecule has 0 spiro atoms.